The zero-order valence-electron chi connectivity index (χ0n) is 7.45. The average Bonchev–Trinajstić information content (AvgIpc) is 2.37. The maximum Gasteiger partial charge on any atom is 0.181 e. The van der Waals surface area contributed by atoms with E-state index in [0.717, 1.165) is 11.5 Å². The molecule has 0 aromatic carbocycles. The Labute approximate surface area is 71.8 Å². The number of aryl methyl sites for hydroxylation is 1. The van der Waals surface area contributed by atoms with Gasteiger partial charge in [0, 0.05) is 6.54 Å². The van der Waals surface area contributed by atoms with Crippen molar-refractivity contribution in [1.29, 1.82) is 0 Å². The molecule has 1 N–H and O–H groups in total. The Bertz CT molecular complexity index is 235. The molecule has 68 valence electrons. The van der Waals surface area contributed by atoms with Gasteiger partial charge in [0.2, 0.25) is 0 Å². The molecule has 0 saturated carbocycles. The fraction of sp³-hybridized carbons (Fsp3) is 0.625. The molecule has 0 aliphatic rings. The molecule has 0 amide bonds. The second kappa shape index (κ2) is 4.23. The quantitative estimate of drug-likeness (QED) is 0.711. The Morgan fingerprint density at radius 2 is 2.42 bits per heavy atom. The summed E-state index contributed by atoms with van der Waals surface area (Å²) in [5, 5.41) is 8.65. The lowest BCUT2D eigenvalue weighted by atomic mass is 10.3. The summed E-state index contributed by atoms with van der Waals surface area (Å²) in [4.78, 5) is 5.95. The second-order valence-electron chi connectivity index (χ2n) is 2.82. The standard InChI is InChI=1S/C8H14N2O2/c1-7-8(12-6-9-7)5-10(2)3-4-11/h6,11H,3-5H2,1-2H3. The molecule has 0 aliphatic heterocycles. The Morgan fingerprint density at radius 1 is 1.67 bits per heavy atom. The third-order valence-corrected chi connectivity index (χ3v) is 1.74. The van der Waals surface area contributed by atoms with Crippen LogP contribution < -0.4 is 0 Å². The van der Waals surface area contributed by atoms with Crippen LogP contribution >= 0.6 is 0 Å². The van der Waals surface area contributed by atoms with Crippen molar-refractivity contribution in [3.8, 4) is 0 Å². The first-order chi connectivity index (χ1) is 5.74. The van der Waals surface area contributed by atoms with E-state index in [1.807, 2.05) is 18.9 Å². The number of oxazole rings is 1. The monoisotopic (exact) mass is 170 g/mol. The fourth-order valence-electron chi connectivity index (χ4n) is 0.973. The van der Waals surface area contributed by atoms with Crippen LogP contribution in [0.25, 0.3) is 0 Å². The summed E-state index contributed by atoms with van der Waals surface area (Å²) in [7, 11) is 1.93. The molecule has 1 heterocycles. The van der Waals surface area contributed by atoms with Crippen LogP contribution in [0, 0.1) is 6.92 Å². The van der Waals surface area contributed by atoms with E-state index in [1.54, 1.807) is 0 Å². The highest BCUT2D eigenvalue weighted by atomic mass is 16.3. The van der Waals surface area contributed by atoms with Crippen LogP contribution in [0.3, 0.4) is 0 Å². The van der Waals surface area contributed by atoms with Crippen LogP contribution in [0.15, 0.2) is 10.8 Å². The van der Waals surface area contributed by atoms with Crippen molar-refractivity contribution in [1.82, 2.24) is 9.88 Å². The summed E-state index contributed by atoms with van der Waals surface area (Å²) >= 11 is 0. The Kier molecular flexibility index (Phi) is 3.25. The molecule has 0 aliphatic carbocycles. The third kappa shape index (κ3) is 2.32. The van der Waals surface area contributed by atoms with Gasteiger partial charge in [-0.05, 0) is 14.0 Å². The average molecular weight is 170 g/mol. The van der Waals surface area contributed by atoms with E-state index in [-0.39, 0.29) is 6.61 Å². The molecule has 1 aromatic rings. The Hall–Kier alpha value is -0.870. The maximum absolute atomic E-state index is 8.65. The first-order valence-corrected chi connectivity index (χ1v) is 3.92. The van der Waals surface area contributed by atoms with Crippen LogP contribution in [-0.2, 0) is 6.54 Å². The predicted molar refractivity (Wildman–Crippen MR) is 44.7 cm³/mol. The second-order valence-corrected chi connectivity index (χ2v) is 2.82. The van der Waals surface area contributed by atoms with Crippen LogP contribution in [0.1, 0.15) is 11.5 Å². The smallest absolute Gasteiger partial charge is 0.181 e. The molecular formula is C8H14N2O2. The van der Waals surface area contributed by atoms with Crippen molar-refractivity contribution in [2.45, 2.75) is 13.5 Å². The van der Waals surface area contributed by atoms with Gasteiger partial charge in [-0.15, -0.1) is 0 Å². The lowest BCUT2D eigenvalue weighted by Crippen LogP contribution is -2.21. The van der Waals surface area contributed by atoms with Gasteiger partial charge in [0.05, 0.1) is 18.8 Å². The number of aromatic nitrogens is 1. The van der Waals surface area contributed by atoms with Crippen molar-refractivity contribution in [3.63, 3.8) is 0 Å². The highest BCUT2D eigenvalue weighted by Gasteiger charge is 2.05. The van der Waals surface area contributed by atoms with Gasteiger partial charge in [0.15, 0.2) is 6.39 Å². The van der Waals surface area contributed by atoms with Crippen LogP contribution in [0.2, 0.25) is 0 Å². The van der Waals surface area contributed by atoms with Crippen molar-refractivity contribution in [2.24, 2.45) is 0 Å². The molecule has 4 nitrogen and oxygen atoms in total. The van der Waals surface area contributed by atoms with E-state index in [4.69, 9.17) is 9.52 Å². The summed E-state index contributed by atoms with van der Waals surface area (Å²) in [5.41, 5.74) is 0.916. The van der Waals surface area contributed by atoms with Gasteiger partial charge >= 0.3 is 0 Å². The van der Waals surface area contributed by atoms with Crippen LogP contribution in [0.4, 0.5) is 0 Å². The molecule has 1 aromatic heterocycles. The number of rotatable bonds is 4. The Morgan fingerprint density at radius 3 is 2.92 bits per heavy atom. The number of aliphatic hydroxyl groups is 1. The largest absolute Gasteiger partial charge is 0.447 e. The zero-order chi connectivity index (χ0) is 8.97. The SMILES string of the molecule is Cc1ncoc1CN(C)CCO. The van der Waals surface area contributed by atoms with Gasteiger partial charge in [-0.1, -0.05) is 0 Å². The summed E-state index contributed by atoms with van der Waals surface area (Å²) in [6, 6.07) is 0. The lowest BCUT2D eigenvalue weighted by Gasteiger charge is -2.12. The number of aliphatic hydroxyl groups excluding tert-OH is 1. The summed E-state index contributed by atoms with van der Waals surface area (Å²) in [6.07, 6.45) is 1.44. The van der Waals surface area contributed by atoms with Gasteiger partial charge in [-0.3, -0.25) is 4.90 Å². The van der Waals surface area contributed by atoms with Gasteiger partial charge < -0.3 is 9.52 Å². The van der Waals surface area contributed by atoms with Crippen molar-refractivity contribution in [3.05, 3.63) is 17.8 Å². The molecule has 1 rings (SSSR count). The minimum atomic E-state index is 0.170. The van der Waals surface area contributed by atoms with E-state index in [0.29, 0.717) is 13.1 Å². The van der Waals surface area contributed by atoms with Crippen LogP contribution in [-0.4, -0.2) is 35.2 Å². The number of hydrogen-bond acceptors (Lipinski definition) is 4. The minimum absolute atomic E-state index is 0.170. The highest BCUT2D eigenvalue weighted by Crippen LogP contribution is 2.06. The predicted octanol–water partition coefficient (Wildman–Crippen LogP) is 0.407. The van der Waals surface area contributed by atoms with E-state index >= 15 is 0 Å². The molecule has 0 bridgehead atoms. The van der Waals surface area contributed by atoms with E-state index in [1.165, 1.54) is 6.39 Å². The topological polar surface area (TPSA) is 49.5 Å². The zero-order valence-corrected chi connectivity index (χ0v) is 7.45. The van der Waals surface area contributed by atoms with Gasteiger partial charge in [0.1, 0.15) is 5.76 Å². The molecular weight excluding hydrogens is 156 g/mol. The van der Waals surface area contributed by atoms with E-state index in [9.17, 15) is 0 Å². The summed E-state index contributed by atoms with van der Waals surface area (Å²) in [6.45, 7) is 3.43. The third-order valence-electron chi connectivity index (χ3n) is 1.74. The first-order valence-electron chi connectivity index (χ1n) is 3.92. The molecule has 0 spiro atoms. The van der Waals surface area contributed by atoms with Gasteiger partial charge in [-0.25, -0.2) is 4.98 Å². The maximum atomic E-state index is 8.65. The Balaban J connectivity index is 2.46. The van der Waals surface area contributed by atoms with Crippen molar-refractivity contribution in [2.75, 3.05) is 20.2 Å². The molecule has 0 radical (unpaired) electrons. The normalized spacial score (nSPS) is 11.0. The van der Waals surface area contributed by atoms with E-state index < -0.39 is 0 Å². The molecule has 12 heavy (non-hydrogen) atoms. The van der Waals surface area contributed by atoms with Crippen LogP contribution in [0.5, 0.6) is 0 Å². The molecule has 0 atom stereocenters. The lowest BCUT2D eigenvalue weighted by molar-refractivity contribution is 0.208. The summed E-state index contributed by atoms with van der Waals surface area (Å²) < 4.78 is 5.15. The van der Waals surface area contributed by atoms with Gasteiger partial charge in [-0.2, -0.15) is 0 Å². The highest BCUT2D eigenvalue weighted by molar-refractivity contribution is 5.03. The van der Waals surface area contributed by atoms with Crippen molar-refractivity contribution < 1.29 is 9.52 Å². The number of likely N-dealkylation sites (N-methyl/N-ethyl adjacent to an activating group) is 1. The minimum Gasteiger partial charge on any atom is -0.447 e. The number of hydrogen-bond donors (Lipinski definition) is 1. The van der Waals surface area contributed by atoms with E-state index in [2.05, 4.69) is 4.98 Å². The molecule has 0 unspecified atom stereocenters. The number of nitrogens with zero attached hydrogens (tertiary/aromatic N) is 2. The van der Waals surface area contributed by atoms with Gasteiger partial charge in [0.25, 0.3) is 0 Å². The fourth-order valence-corrected chi connectivity index (χ4v) is 0.973. The first kappa shape index (κ1) is 9.22. The molecule has 4 heteroatoms. The molecule has 0 fully saturated rings. The van der Waals surface area contributed by atoms with Crippen molar-refractivity contribution >= 4 is 0 Å². The summed E-state index contributed by atoms with van der Waals surface area (Å²) in [5.74, 6) is 0.867. The molecule has 0 saturated heterocycles.